The van der Waals surface area contributed by atoms with Crippen LogP contribution < -0.4 is 10.2 Å². The summed E-state index contributed by atoms with van der Waals surface area (Å²) in [6.07, 6.45) is -0.433. The molecule has 1 aliphatic heterocycles. The molecule has 142 valence electrons. The number of hydrogen-bond donors (Lipinski definition) is 1. The molecule has 1 atom stereocenters. The largest absolute Gasteiger partial charge is 0.360 e. The number of benzene rings is 3. The maximum absolute atomic E-state index is 13.4. The number of para-hydroxylation sites is 1. The zero-order valence-electron chi connectivity index (χ0n) is 15.6. The van der Waals surface area contributed by atoms with Gasteiger partial charge in [0.05, 0.1) is 5.56 Å². The molecule has 1 amide bonds. The minimum atomic E-state index is -0.433. The topological polar surface area (TPSA) is 32.3 Å². The Kier molecular flexibility index (Phi) is 5.05. The second-order valence-corrected chi connectivity index (χ2v) is 8.02. The molecule has 1 aliphatic rings. The van der Waals surface area contributed by atoms with E-state index in [0.717, 1.165) is 16.9 Å². The Hall–Kier alpha value is -2.49. The molecule has 0 fully saturated rings. The number of carbonyl (C=O) groups is 1. The fourth-order valence-corrected chi connectivity index (χ4v) is 3.99. The second kappa shape index (κ2) is 7.50. The van der Waals surface area contributed by atoms with E-state index in [1.165, 1.54) is 5.56 Å². The number of nitrogens with one attached hydrogen (secondary N) is 1. The van der Waals surface area contributed by atoms with E-state index in [9.17, 15) is 4.79 Å². The molecule has 1 N–H and O–H groups in total. The van der Waals surface area contributed by atoms with Gasteiger partial charge in [0.2, 0.25) is 0 Å². The van der Waals surface area contributed by atoms with Crippen molar-refractivity contribution < 1.29 is 4.79 Å². The van der Waals surface area contributed by atoms with Crippen molar-refractivity contribution in [2.24, 2.45) is 0 Å². The maximum atomic E-state index is 13.4. The third kappa shape index (κ3) is 3.36. The zero-order valence-corrected chi connectivity index (χ0v) is 17.1. The summed E-state index contributed by atoms with van der Waals surface area (Å²) >= 11 is 12.6. The molecule has 0 aromatic heterocycles. The Morgan fingerprint density at radius 2 is 1.68 bits per heavy atom. The number of anilines is 2. The van der Waals surface area contributed by atoms with Gasteiger partial charge in [-0.3, -0.25) is 9.69 Å². The number of halogens is 2. The Morgan fingerprint density at radius 3 is 2.36 bits per heavy atom. The van der Waals surface area contributed by atoms with Gasteiger partial charge in [-0.1, -0.05) is 67.4 Å². The summed E-state index contributed by atoms with van der Waals surface area (Å²) in [6.45, 7) is 4.30. The molecule has 28 heavy (non-hydrogen) atoms. The lowest BCUT2D eigenvalue weighted by Crippen LogP contribution is -2.43. The normalized spacial score (nSPS) is 16.1. The first-order valence-corrected chi connectivity index (χ1v) is 9.95. The van der Waals surface area contributed by atoms with E-state index in [1.54, 1.807) is 17.0 Å². The van der Waals surface area contributed by atoms with Crippen molar-refractivity contribution in [2.75, 3.05) is 10.2 Å². The number of fused-ring (bicyclic) bond motifs is 1. The van der Waals surface area contributed by atoms with Crippen molar-refractivity contribution in [1.82, 2.24) is 0 Å². The molecule has 1 heterocycles. The van der Waals surface area contributed by atoms with Crippen LogP contribution >= 0.6 is 23.2 Å². The Balaban J connectivity index is 1.84. The molecular weight excluding hydrogens is 391 g/mol. The number of nitrogens with zero attached hydrogens (tertiary/aromatic N) is 1. The lowest BCUT2D eigenvalue weighted by atomic mass is 10.00. The maximum Gasteiger partial charge on any atom is 0.262 e. The summed E-state index contributed by atoms with van der Waals surface area (Å²) in [5, 5.41) is 4.54. The first-order valence-electron chi connectivity index (χ1n) is 9.19. The summed E-state index contributed by atoms with van der Waals surface area (Å²) in [5.74, 6) is 0.356. The molecule has 0 bridgehead atoms. The molecule has 5 heteroatoms. The lowest BCUT2D eigenvalue weighted by molar-refractivity contribution is 0.0975. The van der Waals surface area contributed by atoms with E-state index >= 15 is 0 Å². The van der Waals surface area contributed by atoms with Crippen LogP contribution in [0.5, 0.6) is 0 Å². The number of rotatable bonds is 3. The predicted molar refractivity (Wildman–Crippen MR) is 117 cm³/mol. The van der Waals surface area contributed by atoms with Gasteiger partial charge in [0, 0.05) is 27.0 Å². The van der Waals surface area contributed by atoms with Crippen LogP contribution in [0.3, 0.4) is 0 Å². The number of hydrogen-bond acceptors (Lipinski definition) is 2. The Morgan fingerprint density at radius 1 is 0.964 bits per heavy atom. The lowest BCUT2D eigenvalue weighted by Gasteiger charge is -2.38. The monoisotopic (exact) mass is 410 g/mol. The van der Waals surface area contributed by atoms with Crippen LogP contribution in [0.15, 0.2) is 66.7 Å². The van der Waals surface area contributed by atoms with Crippen molar-refractivity contribution in [3.8, 4) is 0 Å². The highest BCUT2D eigenvalue weighted by atomic mass is 35.5. The van der Waals surface area contributed by atoms with Gasteiger partial charge in [0.15, 0.2) is 0 Å². The van der Waals surface area contributed by atoms with E-state index in [2.05, 4.69) is 31.3 Å². The average Bonchev–Trinajstić information content (AvgIpc) is 2.68. The van der Waals surface area contributed by atoms with E-state index in [4.69, 9.17) is 23.2 Å². The van der Waals surface area contributed by atoms with Crippen LogP contribution in [-0.2, 0) is 0 Å². The quantitative estimate of drug-likeness (QED) is 0.509. The van der Waals surface area contributed by atoms with Crippen molar-refractivity contribution in [2.45, 2.75) is 25.9 Å². The highest BCUT2D eigenvalue weighted by molar-refractivity contribution is 6.35. The molecule has 0 radical (unpaired) electrons. The van der Waals surface area contributed by atoms with E-state index in [0.29, 0.717) is 21.5 Å². The van der Waals surface area contributed by atoms with Gasteiger partial charge in [-0.15, -0.1) is 0 Å². The van der Waals surface area contributed by atoms with Crippen LogP contribution in [0, 0.1) is 0 Å². The number of amides is 1. The van der Waals surface area contributed by atoms with E-state index < -0.39 is 6.17 Å². The smallest absolute Gasteiger partial charge is 0.262 e. The van der Waals surface area contributed by atoms with Crippen LogP contribution in [0.4, 0.5) is 11.4 Å². The Bertz CT molecular complexity index is 1030. The summed E-state index contributed by atoms with van der Waals surface area (Å²) < 4.78 is 0. The molecule has 3 nitrogen and oxygen atoms in total. The zero-order chi connectivity index (χ0) is 19.8. The Labute approximate surface area is 174 Å². The molecule has 0 spiro atoms. The second-order valence-electron chi connectivity index (χ2n) is 7.18. The van der Waals surface area contributed by atoms with Crippen LogP contribution in [-0.4, -0.2) is 5.91 Å². The molecule has 0 saturated heterocycles. The van der Waals surface area contributed by atoms with Crippen LogP contribution in [0.1, 0.15) is 47.4 Å². The number of carbonyl (C=O) groups excluding carboxylic acids is 1. The van der Waals surface area contributed by atoms with E-state index in [-0.39, 0.29) is 5.91 Å². The third-order valence-corrected chi connectivity index (χ3v) is 5.58. The third-order valence-electron chi connectivity index (χ3n) is 5.02. The van der Waals surface area contributed by atoms with Gasteiger partial charge in [0.1, 0.15) is 6.17 Å². The molecule has 3 aromatic carbocycles. The first kappa shape index (κ1) is 18.9. The van der Waals surface area contributed by atoms with Crippen molar-refractivity contribution >= 4 is 40.5 Å². The van der Waals surface area contributed by atoms with Crippen LogP contribution in [0.25, 0.3) is 0 Å². The summed E-state index contributed by atoms with van der Waals surface area (Å²) in [7, 11) is 0. The minimum absolute atomic E-state index is 0.0670. The van der Waals surface area contributed by atoms with Gasteiger partial charge in [-0.2, -0.15) is 0 Å². The molecule has 0 saturated carbocycles. The van der Waals surface area contributed by atoms with Gasteiger partial charge >= 0.3 is 0 Å². The fraction of sp³-hybridized carbons (Fsp3) is 0.174. The SMILES string of the molecule is CC(C)c1ccc(N2C(=O)c3ccccc3N[C@H]2c2ccc(Cl)cc2Cl)cc1. The molecular formula is C23H20Cl2N2O. The molecule has 4 rings (SSSR count). The summed E-state index contributed by atoms with van der Waals surface area (Å²) in [5.41, 5.74) is 4.26. The van der Waals surface area contributed by atoms with Crippen LogP contribution in [0.2, 0.25) is 10.0 Å². The van der Waals surface area contributed by atoms with Crippen molar-refractivity contribution in [3.05, 3.63) is 93.5 Å². The van der Waals surface area contributed by atoms with Crippen molar-refractivity contribution in [1.29, 1.82) is 0 Å². The highest BCUT2D eigenvalue weighted by Gasteiger charge is 2.35. The first-order chi connectivity index (χ1) is 13.5. The standard InChI is InChI=1S/C23H20Cl2N2O/c1-14(2)15-7-10-17(11-8-15)27-22(18-12-9-16(24)13-20(18)25)26-21-6-4-3-5-19(21)23(27)28/h3-14,22,26H,1-2H3/t22-/m1/s1. The van der Waals surface area contributed by atoms with Gasteiger partial charge < -0.3 is 5.32 Å². The van der Waals surface area contributed by atoms with Gasteiger partial charge in [-0.05, 0) is 47.9 Å². The summed E-state index contributed by atoms with van der Waals surface area (Å²) in [4.78, 5) is 15.2. The van der Waals surface area contributed by atoms with Gasteiger partial charge in [-0.25, -0.2) is 0 Å². The molecule has 0 aliphatic carbocycles. The predicted octanol–water partition coefficient (Wildman–Crippen LogP) is 6.89. The average molecular weight is 411 g/mol. The van der Waals surface area contributed by atoms with Crippen molar-refractivity contribution in [3.63, 3.8) is 0 Å². The molecule has 0 unspecified atom stereocenters. The minimum Gasteiger partial charge on any atom is -0.360 e. The molecule has 3 aromatic rings. The summed E-state index contributed by atoms with van der Waals surface area (Å²) in [6, 6.07) is 21.0. The fourth-order valence-electron chi connectivity index (χ4n) is 3.48. The van der Waals surface area contributed by atoms with E-state index in [1.807, 2.05) is 42.5 Å². The van der Waals surface area contributed by atoms with Gasteiger partial charge in [0.25, 0.3) is 5.91 Å². The highest BCUT2D eigenvalue weighted by Crippen LogP contribution is 2.39.